The van der Waals surface area contributed by atoms with Crippen LogP contribution >= 0.6 is 23.2 Å². The topological polar surface area (TPSA) is 87.2 Å². The number of hydrogen-bond donors (Lipinski definition) is 2. The number of rotatable bonds is 12. The highest BCUT2D eigenvalue weighted by molar-refractivity contribution is 7.88. The summed E-state index contributed by atoms with van der Waals surface area (Å²) in [7, 11) is -3.30. The van der Waals surface area contributed by atoms with Gasteiger partial charge in [0.25, 0.3) is 0 Å². The maximum Gasteiger partial charge on any atom is 0.211 e. The fourth-order valence-corrected chi connectivity index (χ4v) is 5.78. The van der Waals surface area contributed by atoms with Gasteiger partial charge in [-0.1, -0.05) is 23.2 Å². The number of unbranched alkanes of at least 4 members (excludes halogenated alkanes) is 1. The van der Waals surface area contributed by atoms with E-state index in [0.29, 0.717) is 36.1 Å². The van der Waals surface area contributed by atoms with Crippen LogP contribution in [0.1, 0.15) is 30.7 Å². The largest absolute Gasteiger partial charge is 0.384 e. The average molecular weight is 575 g/mol. The number of aromatic nitrogens is 2. The molecule has 0 amide bonds. The smallest absolute Gasteiger partial charge is 0.211 e. The molecule has 4 aromatic rings. The van der Waals surface area contributed by atoms with Crippen molar-refractivity contribution >= 4 is 66.4 Å². The van der Waals surface area contributed by atoms with Crippen molar-refractivity contribution in [1.82, 2.24) is 14.3 Å². The molecule has 4 rings (SSSR count). The van der Waals surface area contributed by atoms with Crippen LogP contribution < -0.4 is 10.6 Å². The summed E-state index contributed by atoms with van der Waals surface area (Å²) < 4.78 is 26.4. The first-order valence-corrected chi connectivity index (χ1v) is 15.3. The van der Waals surface area contributed by atoms with E-state index in [1.54, 1.807) is 4.31 Å². The summed E-state index contributed by atoms with van der Waals surface area (Å²) >= 11 is 12.4. The second kappa shape index (κ2) is 12.5. The van der Waals surface area contributed by atoms with Crippen molar-refractivity contribution in [3.8, 4) is 0 Å². The number of nitrogens with one attached hydrogen (secondary N) is 2. The Hall–Kier alpha value is -2.65. The molecular formula is C28H33Cl2N5O2S. The maximum absolute atomic E-state index is 12.4. The zero-order valence-corrected chi connectivity index (χ0v) is 24.2. The molecule has 0 spiro atoms. The van der Waals surface area contributed by atoms with Crippen molar-refractivity contribution in [3.05, 3.63) is 70.0 Å². The van der Waals surface area contributed by atoms with Crippen LogP contribution in [0.4, 0.5) is 11.4 Å². The fourth-order valence-electron chi connectivity index (χ4n) is 4.51. The number of hydrogen-bond acceptors (Lipinski definition) is 6. The van der Waals surface area contributed by atoms with Crippen molar-refractivity contribution in [2.24, 2.45) is 0 Å². The lowest BCUT2D eigenvalue weighted by Gasteiger charge is -2.20. The number of anilines is 2. The van der Waals surface area contributed by atoms with Crippen LogP contribution in [-0.2, 0) is 10.0 Å². The van der Waals surface area contributed by atoms with Crippen LogP contribution in [-0.4, -0.2) is 55.1 Å². The van der Waals surface area contributed by atoms with E-state index < -0.39 is 10.0 Å². The Morgan fingerprint density at radius 3 is 1.71 bits per heavy atom. The van der Waals surface area contributed by atoms with E-state index in [1.807, 2.05) is 62.4 Å². The number of sulfonamides is 1. The maximum atomic E-state index is 12.4. The molecule has 2 aromatic heterocycles. The van der Waals surface area contributed by atoms with Gasteiger partial charge in [0.15, 0.2) is 0 Å². The Morgan fingerprint density at radius 2 is 1.21 bits per heavy atom. The van der Waals surface area contributed by atoms with Gasteiger partial charge >= 0.3 is 0 Å². The summed E-state index contributed by atoms with van der Waals surface area (Å²) in [6.45, 7) is 6.21. The molecule has 38 heavy (non-hydrogen) atoms. The van der Waals surface area contributed by atoms with E-state index in [2.05, 4.69) is 20.6 Å². The molecule has 0 radical (unpaired) electrons. The van der Waals surface area contributed by atoms with Crippen molar-refractivity contribution in [3.63, 3.8) is 0 Å². The predicted octanol–water partition coefficient (Wildman–Crippen LogP) is 6.66. The van der Waals surface area contributed by atoms with Crippen LogP contribution in [0.3, 0.4) is 0 Å². The van der Waals surface area contributed by atoms with Crippen LogP contribution in [0.15, 0.2) is 48.5 Å². The van der Waals surface area contributed by atoms with Crippen LogP contribution in [0.2, 0.25) is 10.0 Å². The van der Waals surface area contributed by atoms with E-state index in [0.717, 1.165) is 64.0 Å². The minimum atomic E-state index is -3.30. The predicted molar refractivity (Wildman–Crippen MR) is 160 cm³/mol. The number of benzene rings is 2. The molecule has 0 saturated carbocycles. The van der Waals surface area contributed by atoms with Gasteiger partial charge < -0.3 is 10.6 Å². The van der Waals surface area contributed by atoms with E-state index in [9.17, 15) is 8.42 Å². The Kier molecular flexibility index (Phi) is 9.31. The average Bonchev–Trinajstić information content (AvgIpc) is 2.84. The lowest BCUT2D eigenvalue weighted by Crippen LogP contribution is -2.33. The Labute approximate surface area is 234 Å². The molecule has 0 aliphatic heterocycles. The molecule has 2 N–H and O–H groups in total. The quantitative estimate of drug-likeness (QED) is 0.184. The van der Waals surface area contributed by atoms with Gasteiger partial charge in [0.05, 0.1) is 17.3 Å². The Balaban J connectivity index is 1.28. The molecular weight excluding hydrogens is 541 g/mol. The fraction of sp³-hybridized carbons (Fsp3) is 0.357. The summed E-state index contributed by atoms with van der Waals surface area (Å²) in [4.78, 5) is 9.12. The molecule has 2 aromatic carbocycles. The molecule has 0 bridgehead atoms. The van der Waals surface area contributed by atoms with Crippen LogP contribution in [0.25, 0.3) is 21.8 Å². The van der Waals surface area contributed by atoms with Gasteiger partial charge in [-0.25, -0.2) is 12.7 Å². The monoisotopic (exact) mass is 573 g/mol. The minimum absolute atomic E-state index is 0.453. The zero-order chi connectivity index (χ0) is 27.3. The van der Waals surface area contributed by atoms with Crippen LogP contribution in [0.5, 0.6) is 0 Å². The van der Waals surface area contributed by atoms with Gasteiger partial charge in [0.2, 0.25) is 10.0 Å². The normalized spacial score (nSPS) is 11.9. The van der Waals surface area contributed by atoms with E-state index in [-0.39, 0.29) is 0 Å². The Bertz CT molecular complexity index is 1550. The Morgan fingerprint density at radius 1 is 0.737 bits per heavy atom. The van der Waals surface area contributed by atoms with Gasteiger partial charge in [-0.05, 0) is 81.6 Å². The number of nitrogens with zero attached hydrogens (tertiary/aromatic N) is 3. The van der Waals surface area contributed by atoms with Crippen molar-refractivity contribution in [1.29, 1.82) is 0 Å². The third-order valence-electron chi connectivity index (χ3n) is 6.32. The van der Waals surface area contributed by atoms with Crippen molar-refractivity contribution in [2.45, 2.75) is 33.1 Å². The lowest BCUT2D eigenvalue weighted by molar-refractivity contribution is 0.402. The van der Waals surface area contributed by atoms with Crippen molar-refractivity contribution < 1.29 is 8.42 Å². The van der Waals surface area contributed by atoms with E-state index in [4.69, 9.17) is 23.2 Å². The standard InChI is InChI=1S/C28H33Cl2N5O2S/c1-19-15-27(23-17-21(29)7-9-25(23)33-19)31-11-4-5-13-35(38(3,36)37)14-6-12-32-28-16-20(2)34-26-10-8-22(30)18-24(26)28/h7-10,15-18H,4-6,11-14H2,1-3H3,(H,31,33)(H,32,34). The molecule has 0 fully saturated rings. The minimum Gasteiger partial charge on any atom is -0.384 e. The van der Waals surface area contributed by atoms with Gasteiger partial charge in [-0.15, -0.1) is 0 Å². The molecule has 0 aliphatic rings. The molecule has 202 valence electrons. The highest BCUT2D eigenvalue weighted by Crippen LogP contribution is 2.27. The summed E-state index contributed by atoms with van der Waals surface area (Å²) in [6, 6.07) is 15.3. The van der Waals surface area contributed by atoms with E-state index >= 15 is 0 Å². The van der Waals surface area contributed by atoms with Gasteiger partial charge in [0.1, 0.15) is 0 Å². The molecule has 10 heteroatoms. The van der Waals surface area contributed by atoms with Gasteiger partial charge in [0, 0.05) is 69.8 Å². The first-order valence-electron chi connectivity index (χ1n) is 12.7. The first kappa shape index (κ1) is 28.4. The summed E-state index contributed by atoms with van der Waals surface area (Å²) in [5.74, 6) is 0. The van der Waals surface area contributed by atoms with Crippen molar-refractivity contribution in [2.75, 3.05) is 43.1 Å². The highest BCUT2D eigenvalue weighted by Gasteiger charge is 2.16. The number of halogens is 2. The third-order valence-corrected chi connectivity index (χ3v) is 8.09. The number of pyridine rings is 2. The molecule has 7 nitrogen and oxygen atoms in total. The molecule has 0 saturated heterocycles. The van der Waals surface area contributed by atoms with Gasteiger partial charge in [-0.2, -0.15) is 0 Å². The summed E-state index contributed by atoms with van der Waals surface area (Å²) in [6.07, 6.45) is 3.54. The number of aryl methyl sites for hydroxylation is 2. The second-order valence-electron chi connectivity index (χ2n) is 9.52. The van der Waals surface area contributed by atoms with E-state index in [1.165, 1.54) is 6.26 Å². The molecule has 0 unspecified atom stereocenters. The molecule has 2 heterocycles. The zero-order valence-electron chi connectivity index (χ0n) is 21.9. The van der Waals surface area contributed by atoms with Gasteiger partial charge in [-0.3, -0.25) is 9.97 Å². The third kappa shape index (κ3) is 7.47. The SMILES string of the molecule is Cc1cc(NCCCCN(CCCNc2cc(C)nc3ccc(Cl)cc23)S(C)(=O)=O)c2cc(Cl)ccc2n1. The second-order valence-corrected chi connectivity index (χ2v) is 12.4. The lowest BCUT2D eigenvalue weighted by atomic mass is 10.1. The first-order chi connectivity index (χ1) is 18.1. The summed E-state index contributed by atoms with van der Waals surface area (Å²) in [5.41, 5.74) is 5.55. The summed E-state index contributed by atoms with van der Waals surface area (Å²) in [5, 5.41) is 10.2. The number of fused-ring (bicyclic) bond motifs is 2. The van der Waals surface area contributed by atoms with Crippen LogP contribution in [0, 0.1) is 13.8 Å². The highest BCUT2D eigenvalue weighted by atomic mass is 35.5. The molecule has 0 aliphatic carbocycles. The molecule has 0 atom stereocenters.